The Morgan fingerprint density at radius 1 is 1.22 bits per heavy atom. The largest absolute Gasteiger partial charge is 0.484 e. The number of carbonyl (C=O) groups excluding carboxylic acids is 1. The molecule has 0 aliphatic carbocycles. The first-order chi connectivity index (χ1) is 12.3. The van der Waals surface area contributed by atoms with Crippen LogP contribution in [0.4, 0.5) is 0 Å². The normalized spacial score (nSPS) is 12.0. The van der Waals surface area contributed by atoms with Crippen LogP contribution in [0.5, 0.6) is 5.75 Å². The van der Waals surface area contributed by atoms with Gasteiger partial charge in [0.15, 0.2) is 12.6 Å². The molecule has 0 radical (unpaired) electrons. The molecule has 5 N–H and O–H groups in total. The molecular formula is C18H21Cl2IN4O2. The van der Waals surface area contributed by atoms with Crippen LogP contribution in [-0.4, -0.2) is 18.5 Å². The Kier molecular flexibility index (Phi) is 9.68. The number of ether oxygens (including phenoxy) is 1. The smallest absolute Gasteiger partial charge is 0.255 e. The fourth-order valence-corrected chi connectivity index (χ4v) is 2.83. The number of rotatable bonds is 7. The number of hydrogen-bond donors (Lipinski definition) is 3. The van der Waals surface area contributed by atoms with Crippen molar-refractivity contribution in [3.63, 3.8) is 0 Å². The van der Waals surface area contributed by atoms with Gasteiger partial charge in [0.1, 0.15) is 5.75 Å². The lowest BCUT2D eigenvalue weighted by Crippen LogP contribution is -2.34. The molecule has 9 heteroatoms. The van der Waals surface area contributed by atoms with Crippen molar-refractivity contribution in [2.45, 2.75) is 19.5 Å². The standard InChI is InChI=1S/C18H20Cl2N4O2.HI/c1-11(15-6-5-13(19)8-16(15)20)24-18(22)23-9-12-3-2-4-14(7-12)26-10-17(21)25;/h2-8,11H,9-10H2,1H3,(H2,21,25)(H3,22,23,24);1H. The lowest BCUT2D eigenvalue weighted by molar-refractivity contribution is -0.119. The summed E-state index contributed by atoms with van der Waals surface area (Å²) < 4.78 is 5.26. The molecule has 0 aliphatic heterocycles. The highest BCUT2D eigenvalue weighted by atomic mass is 127. The second-order valence-corrected chi connectivity index (χ2v) is 6.48. The van der Waals surface area contributed by atoms with Gasteiger partial charge in [-0.2, -0.15) is 0 Å². The molecule has 2 aromatic rings. The number of amides is 1. The summed E-state index contributed by atoms with van der Waals surface area (Å²) in [6, 6.07) is 12.4. The number of carbonyl (C=O) groups is 1. The molecule has 0 fully saturated rings. The zero-order chi connectivity index (χ0) is 19.1. The van der Waals surface area contributed by atoms with E-state index >= 15 is 0 Å². The van der Waals surface area contributed by atoms with Crippen LogP contribution in [0.15, 0.2) is 47.5 Å². The van der Waals surface area contributed by atoms with E-state index in [1.54, 1.807) is 30.3 Å². The van der Waals surface area contributed by atoms with Gasteiger partial charge in [-0.15, -0.1) is 24.0 Å². The van der Waals surface area contributed by atoms with Gasteiger partial charge in [0.05, 0.1) is 12.6 Å². The SMILES string of the molecule is CC(NC(N)=NCc1cccc(OCC(N)=O)c1)c1ccc(Cl)cc1Cl.I. The quantitative estimate of drug-likeness (QED) is 0.293. The Bertz CT molecular complexity index is 818. The van der Waals surface area contributed by atoms with Crippen molar-refractivity contribution in [1.29, 1.82) is 0 Å². The Morgan fingerprint density at radius 3 is 2.63 bits per heavy atom. The first kappa shape index (κ1) is 23.3. The number of nitrogens with two attached hydrogens (primary N) is 2. The van der Waals surface area contributed by atoms with Crippen LogP contribution in [-0.2, 0) is 11.3 Å². The Hall–Kier alpha value is -1.71. The topological polar surface area (TPSA) is 103 Å². The van der Waals surface area contributed by atoms with E-state index in [2.05, 4.69) is 10.3 Å². The molecular weight excluding hydrogens is 502 g/mol. The minimum atomic E-state index is -0.531. The monoisotopic (exact) mass is 522 g/mol. The van der Waals surface area contributed by atoms with E-state index in [-0.39, 0.29) is 42.6 Å². The maximum absolute atomic E-state index is 10.8. The van der Waals surface area contributed by atoms with Gasteiger partial charge in [-0.25, -0.2) is 4.99 Å². The molecule has 146 valence electrons. The molecule has 27 heavy (non-hydrogen) atoms. The summed E-state index contributed by atoms with van der Waals surface area (Å²) >= 11 is 12.1. The third-order valence-electron chi connectivity index (χ3n) is 3.50. The van der Waals surface area contributed by atoms with E-state index in [0.29, 0.717) is 22.3 Å². The number of nitrogens with one attached hydrogen (secondary N) is 1. The van der Waals surface area contributed by atoms with Gasteiger partial charge in [0.2, 0.25) is 0 Å². The summed E-state index contributed by atoms with van der Waals surface area (Å²) in [5, 5.41) is 4.22. The van der Waals surface area contributed by atoms with E-state index in [9.17, 15) is 4.79 Å². The van der Waals surface area contributed by atoms with Crippen LogP contribution in [0, 0.1) is 0 Å². The molecule has 1 amide bonds. The lowest BCUT2D eigenvalue weighted by atomic mass is 10.1. The molecule has 1 atom stereocenters. The molecule has 0 bridgehead atoms. The minimum Gasteiger partial charge on any atom is -0.484 e. The van der Waals surface area contributed by atoms with E-state index in [1.165, 1.54) is 0 Å². The van der Waals surface area contributed by atoms with Crippen LogP contribution in [0.2, 0.25) is 10.0 Å². The third kappa shape index (κ3) is 7.82. The number of aliphatic imine (C=N–C) groups is 1. The summed E-state index contributed by atoms with van der Waals surface area (Å²) in [5.74, 6) is 0.299. The summed E-state index contributed by atoms with van der Waals surface area (Å²) in [5.41, 5.74) is 12.8. The van der Waals surface area contributed by atoms with Crippen LogP contribution in [0.3, 0.4) is 0 Å². The highest BCUT2D eigenvalue weighted by molar-refractivity contribution is 14.0. The predicted molar refractivity (Wildman–Crippen MR) is 120 cm³/mol. The minimum absolute atomic E-state index is 0. The van der Waals surface area contributed by atoms with E-state index < -0.39 is 5.91 Å². The summed E-state index contributed by atoms with van der Waals surface area (Å²) in [7, 11) is 0. The third-order valence-corrected chi connectivity index (χ3v) is 4.07. The van der Waals surface area contributed by atoms with Crippen LogP contribution in [0.1, 0.15) is 24.1 Å². The first-order valence-electron chi connectivity index (χ1n) is 7.86. The van der Waals surface area contributed by atoms with Gasteiger partial charge >= 0.3 is 0 Å². The number of primary amides is 1. The average Bonchev–Trinajstić information content (AvgIpc) is 2.58. The van der Waals surface area contributed by atoms with E-state index in [1.807, 2.05) is 19.1 Å². The number of nitrogens with zero attached hydrogens (tertiary/aromatic N) is 1. The van der Waals surface area contributed by atoms with Crippen molar-refractivity contribution in [3.05, 3.63) is 63.6 Å². The van der Waals surface area contributed by atoms with Gasteiger partial charge in [0.25, 0.3) is 5.91 Å². The predicted octanol–water partition coefficient (Wildman–Crippen LogP) is 3.64. The highest BCUT2D eigenvalue weighted by Gasteiger charge is 2.10. The first-order valence-corrected chi connectivity index (χ1v) is 8.62. The summed E-state index contributed by atoms with van der Waals surface area (Å²) in [4.78, 5) is 15.1. The van der Waals surface area contributed by atoms with Gasteiger partial charge in [-0.3, -0.25) is 4.79 Å². The van der Waals surface area contributed by atoms with Crippen molar-refractivity contribution < 1.29 is 9.53 Å². The molecule has 0 heterocycles. The average molecular weight is 523 g/mol. The maximum Gasteiger partial charge on any atom is 0.255 e. The van der Waals surface area contributed by atoms with Crippen molar-refractivity contribution in [2.24, 2.45) is 16.5 Å². The van der Waals surface area contributed by atoms with Crippen molar-refractivity contribution in [3.8, 4) is 5.75 Å². The summed E-state index contributed by atoms with van der Waals surface area (Å²) in [6.45, 7) is 2.11. The van der Waals surface area contributed by atoms with Gasteiger partial charge < -0.3 is 21.5 Å². The molecule has 0 aromatic heterocycles. The van der Waals surface area contributed by atoms with Crippen LogP contribution in [0.25, 0.3) is 0 Å². The molecule has 0 saturated heterocycles. The van der Waals surface area contributed by atoms with Gasteiger partial charge in [-0.05, 0) is 42.3 Å². The van der Waals surface area contributed by atoms with E-state index in [4.69, 9.17) is 39.4 Å². The van der Waals surface area contributed by atoms with Crippen molar-refractivity contribution in [2.75, 3.05) is 6.61 Å². The number of benzene rings is 2. The molecule has 2 aromatic carbocycles. The second kappa shape index (κ2) is 11.2. The maximum atomic E-state index is 10.8. The number of halogens is 3. The molecule has 2 rings (SSSR count). The van der Waals surface area contributed by atoms with Crippen LogP contribution >= 0.6 is 47.2 Å². The Morgan fingerprint density at radius 2 is 1.96 bits per heavy atom. The van der Waals surface area contributed by atoms with Crippen LogP contribution < -0.4 is 21.5 Å². The van der Waals surface area contributed by atoms with Crippen molar-refractivity contribution in [1.82, 2.24) is 5.32 Å². The lowest BCUT2D eigenvalue weighted by Gasteiger charge is -2.16. The fourth-order valence-electron chi connectivity index (χ4n) is 2.26. The van der Waals surface area contributed by atoms with Crippen molar-refractivity contribution >= 4 is 59.0 Å². The van der Waals surface area contributed by atoms with Gasteiger partial charge in [-0.1, -0.05) is 41.4 Å². The Labute approximate surface area is 185 Å². The number of hydrogen-bond acceptors (Lipinski definition) is 3. The van der Waals surface area contributed by atoms with Gasteiger partial charge in [0, 0.05) is 10.0 Å². The molecule has 0 saturated carbocycles. The molecule has 1 unspecified atom stereocenters. The highest BCUT2D eigenvalue weighted by Crippen LogP contribution is 2.26. The second-order valence-electron chi connectivity index (χ2n) is 5.64. The fraction of sp³-hybridized carbons (Fsp3) is 0.222. The zero-order valence-corrected chi connectivity index (χ0v) is 18.5. The molecule has 0 aliphatic rings. The zero-order valence-electron chi connectivity index (χ0n) is 14.6. The van der Waals surface area contributed by atoms with E-state index in [0.717, 1.165) is 11.1 Å². The number of guanidine groups is 1. The Balaban J connectivity index is 0.00000364. The summed E-state index contributed by atoms with van der Waals surface area (Å²) in [6.07, 6.45) is 0. The molecule has 0 spiro atoms. The molecule has 6 nitrogen and oxygen atoms in total.